The highest BCUT2D eigenvalue weighted by Crippen LogP contribution is 2.59. The molecular formula is C17H26N2O2. The molecule has 1 atom stereocenters. The van der Waals surface area contributed by atoms with Crippen LogP contribution < -0.4 is 10.6 Å². The molecule has 116 valence electrons. The number of piperidine rings is 1. The lowest BCUT2D eigenvalue weighted by molar-refractivity contribution is -0.130. The summed E-state index contributed by atoms with van der Waals surface area (Å²) in [6.45, 7) is 1.39. The Hall–Kier alpha value is -1.06. The first-order chi connectivity index (χ1) is 10.1. The lowest BCUT2D eigenvalue weighted by atomic mass is 9.49. The largest absolute Gasteiger partial charge is 0.355 e. The van der Waals surface area contributed by atoms with Gasteiger partial charge in [0, 0.05) is 19.5 Å². The molecule has 4 bridgehead atoms. The summed E-state index contributed by atoms with van der Waals surface area (Å²) < 4.78 is 0. The number of hydrogen-bond acceptors (Lipinski definition) is 2. The Balaban J connectivity index is 1.34. The van der Waals surface area contributed by atoms with Gasteiger partial charge in [-0.25, -0.2) is 0 Å². The average molecular weight is 290 g/mol. The molecular weight excluding hydrogens is 264 g/mol. The highest BCUT2D eigenvalue weighted by Gasteiger charge is 2.50. The van der Waals surface area contributed by atoms with E-state index in [1.807, 2.05) is 0 Å². The van der Waals surface area contributed by atoms with Crippen LogP contribution in [-0.2, 0) is 9.59 Å². The number of hydrogen-bond donors (Lipinski definition) is 2. The van der Waals surface area contributed by atoms with Crippen molar-refractivity contribution in [3.63, 3.8) is 0 Å². The van der Waals surface area contributed by atoms with Gasteiger partial charge >= 0.3 is 0 Å². The maximum Gasteiger partial charge on any atom is 0.224 e. The standard InChI is InChI=1S/C17H26N2O2/c20-15-2-1-14(9-18-15)16(21)19-10-17-6-11-3-12(7-17)5-13(4-11)8-17/h11-14H,1-10H2,(H,18,20)(H,19,21). The summed E-state index contributed by atoms with van der Waals surface area (Å²) >= 11 is 0. The van der Waals surface area contributed by atoms with Gasteiger partial charge < -0.3 is 10.6 Å². The van der Waals surface area contributed by atoms with Crippen LogP contribution in [0.3, 0.4) is 0 Å². The predicted octanol–water partition coefficient (Wildman–Crippen LogP) is 1.85. The summed E-state index contributed by atoms with van der Waals surface area (Å²) in [5.41, 5.74) is 0.405. The minimum atomic E-state index is -0.0170. The molecule has 1 aliphatic heterocycles. The number of carbonyl (C=O) groups is 2. The van der Waals surface area contributed by atoms with Crippen LogP contribution in [0.5, 0.6) is 0 Å². The van der Waals surface area contributed by atoms with Crippen LogP contribution in [0.25, 0.3) is 0 Å². The topological polar surface area (TPSA) is 58.2 Å². The minimum absolute atomic E-state index is 0.0170. The molecule has 4 aliphatic carbocycles. The van der Waals surface area contributed by atoms with E-state index in [1.54, 1.807) is 0 Å². The molecule has 4 heteroatoms. The van der Waals surface area contributed by atoms with Gasteiger partial charge in [-0.15, -0.1) is 0 Å². The minimum Gasteiger partial charge on any atom is -0.355 e. The SMILES string of the molecule is O=C1CCC(C(=O)NCC23CC4CC(CC(C4)C2)C3)CN1. The van der Waals surface area contributed by atoms with Crippen LogP contribution >= 0.6 is 0 Å². The van der Waals surface area contributed by atoms with Crippen molar-refractivity contribution >= 4 is 11.8 Å². The van der Waals surface area contributed by atoms with Crippen LogP contribution in [0, 0.1) is 29.1 Å². The highest BCUT2D eigenvalue weighted by molar-refractivity contribution is 5.83. The Bertz CT molecular complexity index is 414. The molecule has 2 amide bonds. The lowest BCUT2D eigenvalue weighted by Gasteiger charge is -2.57. The molecule has 5 fully saturated rings. The molecule has 0 spiro atoms. The number of nitrogens with one attached hydrogen (secondary N) is 2. The van der Waals surface area contributed by atoms with Gasteiger partial charge in [-0.3, -0.25) is 9.59 Å². The van der Waals surface area contributed by atoms with Crippen molar-refractivity contribution in [2.24, 2.45) is 29.1 Å². The fraction of sp³-hybridized carbons (Fsp3) is 0.882. The van der Waals surface area contributed by atoms with Crippen LogP contribution in [0.4, 0.5) is 0 Å². The highest BCUT2D eigenvalue weighted by atomic mass is 16.2. The zero-order chi connectivity index (χ0) is 14.4. The van der Waals surface area contributed by atoms with Crippen molar-refractivity contribution in [2.45, 2.75) is 51.4 Å². The summed E-state index contributed by atoms with van der Waals surface area (Å²) in [7, 11) is 0. The second-order valence-corrected chi connectivity index (χ2v) is 8.18. The van der Waals surface area contributed by atoms with Crippen molar-refractivity contribution in [3.8, 4) is 0 Å². The lowest BCUT2D eigenvalue weighted by Crippen LogP contribution is -2.52. The van der Waals surface area contributed by atoms with Crippen LogP contribution in [0.2, 0.25) is 0 Å². The Morgan fingerprint density at radius 1 is 1.14 bits per heavy atom. The van der Waals surface area contributed by atoms with E-state index >= 15 is 0 Å². The molecule has 1 heterocycles. The van der Waals surface area contributed by atoms with E-state index in [0.29, 0.717) is 24.8 Å². The van der Waals surface area contributed by atoms with Gasteiger partial charge in [-0.2, -0.15) is 0 Å². The molecule has 0 aromatic heterocycles. The Morgan fingerprint density at radius 2 is 1.76 bits per heavy atom. The summed E-state index contributed by atoms with van der Waals surface area (Å²) in [5.74, 6) is 3.02. The van der Waals surface area contributed by atoms with Crippen molar-refractivity contribution in [1.29, 1.82) is 0 Å². The maximum atomic E-state index is 12.3. The van der Waals surface area contributed by atoms with Crippen molar-refractivity contribution in [2.75, 3.05) is 13.1 Å². The normalized spacial score (nSPS) is 44.5. The summed E-state index contributed by atoms with van der Waals surface area (Å²) in [6, 6.07) is 0. The van der Waals surface area contributed by atoms with E-state index in [9.17, 15) is 9.59 Å². The van der Waals surface area contributed by atoms with Gasteiger partial charge in [-0.05, 0) is 68.1 Å². The molecule has 2 N–H and O–H groups in total. The number of carbonyl (C=O) groups excluding carboxylic acids is 2. The van der Waals surface area contributed by atoms with Gasteiger partial charge in [0.05, 0.1) is 5.92 Å². The fourth-order valence-electron chi connectivity index (χ4n) is 5.88. The van der Waals surface area contributed by atoms with E-state index in [2.05, 4.69) is 10.6 Å². The first kappa shape index (κ1) is 13.6. The van der Waals surface area contributed by atoms with Crippen molar-refractivity contribution < 1.29 is 9.59 Å². The van der Waals surface area contributed by atoms with Crippen molar-refractivity contribution in [3.05, 3.63) is 0 Å². The zero-order valence-electron chi connectivity index (χ0n) is 12.7. The second kappa shape index (κ2) is 4.99. The zero-order valence-corrected chi connectivity index (χ0v) is 12.7. The average Bonchev–Trinajstić information content (AvgIpc) is 2.44. The molecule has 1 saturated heterocycles. The van der Waals surface area contributed by atoms with Crippen LogP contribution in [-0.4, -0.2) is 24.9 Å². The molecule has 0 aromatic carbocycles. The summed E-state index contributed by atoms with van der Waals surface area (Å²) in [5, 5.41) is 6.04. The molecule has 21 heavy (non-hydrogen) atoms. The monoisotopic (exact) mass is 290 g/mol. The van der Waals surface area contributed by atoms with Crippen LogP contribution in [0.15, 0.2) is 0 Å². The summed E-state index contributed by atoms with van der Waals surface area (Å²) in [4.78, 5) is 23.5. The third-order valence-electron chi connectivity index (χ3n) is 6.44. The fourth-order valence-corrected chi connectivity index (χ4v) is 5.88. The Kier molecular flexibility index (Phi) is 3.23. The Labute approximate surface area is 126 Å². The number of rotatable bonds is 3. The molecule has 0 radical (unpaired) electrons. The molecule has 5 rings (SSSR count). The van der Waals surface area contributed by atoms with Gasteiger partial charge in [0.15, 0.2) is 0 Å². The van der Waals surface area contributed by atoms with E-state index in [1.165, 1.54) is 38.5 Å². The Morgan fingerprint density at radius 3 is 2.29 bits per heavy atom. The first-order valence-corrected chi connectivity index (χ1v) is 8.66. The van der Waals surface area contributed by atoms with E-state index in [4.69, 9.17) is 0 Å². The third-order valence-corrected chi connectivity index (χ3v) is 6.44. The van der Waals surface area contributed by atoms with Crippen molar-refractivity contribution in [1.82, 2.24) is 10.6 Å². The molecule has 0 aromatic rings. The van der Waals surface area contributed by atoms with E-state index in [0.717, 1.165) is 24.3 Å². The van der Waals surface area contributed by atoms with Crippen LogP contribution in [0.1, 0.15) is 51.4 Å². The van der Waals surface area contributed by atoms with Gasteiger partial charge in [0.1, 0.15) is 0 Å². The molecule has 4 nitrogen and oxygen atoms in total. The second-order valence-electron chi connectivity index (χ2n) is 8.18. The molecule has 1 unspecified atom stereocenters. The van der Waals surface area contributed by atoms with E-state index in [-0.39, 0.29) is 17.7 Å². The smallest absolute Gasteiger partial charge is 0.224 e. The van der Waals surface area contributed by atoms with Gasteiger partial charge in [0.25, 0.3) is 0 Å². The molecule has 5 aliphatic rings. The first-order valence-electron chi connectivity index (χ1n) is 8.66. The number of amides is 2. The predicted molar refractivity (Wildman–Crippen MR) is 79.3 cm³/mol. The molecule has 4 saturated carbocycles. The van der Waals surface area contributed by atoms with E-state index < -0.39 is 0 Å². The summed E-state index contributed by atoms with van der Waals surface area (Å²) in [6.07, 6.45) is 9.54. The quantitative estimate of drug-likeness (QED) is 0.833. The van der Waals surface area contributed by atoms with Gasteiger partial charge in [-0.1, -0.05) is 0 Å². The third kappa shape index (κ3) is 2.58. The van der Waals surface area contributed by atoms with Gasteiger partial charge in [0.2, 0.25) is 11.8 Å². The maximum absolute atomic E-state index is 12.3.